The average Bonchev–Trinajstić information content (AvgIpc) is 3.37. The molecule has 0 saturated carbocycles. The first-order valence-corrected chi connectivity index (χ1v) is 13.3. The third kappa shape index (κ3) is 6.68. The number of aromatic nitrogens is 2. The molecular formula is C25H30N4O4S. The number of likely N-dealkylation sites (tertiary alicyclic amines) is 1. The van der Waals surface area contributed by atoms with Gasteiger partial charge in [-0.1, -0.05) is 0 Å². The Morgan fingerprint density at radius 3 is 2.41 bits per heavy atom. The second kappa shape index (κ2) is 10.8. The SMILES string of the molecule is CS(=O)(=O)Nc1ccc(C(=O)C2CCN(CCCOc3ccc(-n4ccnc4)cc3)CC2)cc1. The minimum Gasteiger partial charge on any atom is -0.494 e. The van der Waals surface area contributed by atoms with Crippen molar-refractivity contribution in [2.45, 2.75) is 19.3 Å². The number of hydrogen-bond acceptors (Lipinski definition) is 6. The molecule has 0 aliphatic carbocycles. The molecule has 1 fully saturated rings. The maximum absolute atomic E-state index is 12.8. The number of Topliss-reactive ketones (excluding diaryl/α,β-unsaturated/α-hetero) is 1. The molecule has 180 valence electrons. The van der Waals surface area contributed by atoms with Crippen LogP contribution in [-0.2, 0) is 10.0 Å². The van der Waals surface area contributed by atoms with E-state index in [-0.39, 0.29) is 11.7 Å². The van der Waals surface area contributed by atoms with Gasteiger partial charge in [0.1, 0.15) is 5.75 Å². The number of sulfonamides is 1. The van der Waals surface area contributed by atoms with Crippen LogP contribution in [0.1, 0.15) is 29.6 Å². The van der Waals surface area contributed by atoms with Gasteiger partial charge >= 0.3 is 0 Å². The monoisotopic (exact) mass is 482 g/mol. The molecule has 0 radical (unpaired) electrons. The largest absolute Gasteiger partial charge is 0.494 e. The number of carbonyl (C=O) groups is 1. The van der Waals surface area contributed by atoms with E-state index in [0.29, 0.717) is 17.9 Å². The molecule has 4 rings (SSSR count). The fraction of sp³-hybridized carbons (Fsp3) is 0.360. The van der Waals surface area contributed by atoms with Gasteiger partial charge in [-0.15, -0.1) is 0 Å². The van der Waals surface area contributed by atoms with Crippen molar-refractivity contribution in [2.24, 2.45) is 5.92 Å². The molecule has 8 nitrogen and oxygen atoms in total. The van der Waals surface area contributed by atoms with Gasteiger partial charge < -0.3 is 14.2 Å². The van der Waals surface area contributed by atoms with Crippen LogP contribution in [0.5, 0.6) is 5.75 Å². The number of nitrogens with zero attached hydrogens (tertiary/aromatic N) is 3. The molecule has 1 saturated heterocycles. The second-order valence-electron chi connectivity index (χ2n) is 8.60. The summed E-state index contributed by atoms with van der Waals surface area (Å²) in [6.45, 7) is 3.38. The summed E-state index contributed by atoms with van der Waals surface area (Å²) in [6.07, 6.45) is 9.12. The van der Waals surface area contributed by atoms with Crippen LogP contribution in [0.4, 0.5) is 5.69 Å². The lowest BCUT2D eigenvalue weighted by molar-refractivity contribution is 0.0835. The Bertz CT molecular complexity index is 1170. The van der Waals surface area contributed by atoms with E-state index in [1.807, 2.05) is 35.0 Å². The number of anilines is 1. The Balaban J connectivity index is 1.16. The number of imidazole rings is 1. The number of nitrogens with one attached hydrogen (secondary N) is 1. The number of piperidine rings is 1. The number of rotatable bonds is 10. The highest BCUT2D eigenvalue weighted by Crippen LogP contribution is 2.23. The van der Waals surface area contributed by atoms with E-state index < -0.39 is 10.0 Å². The van der Waals surface area contributed by atoms with E-state index in [1.165, 1.54) is 0 Å². The van der Waals surface area contributed by atoms with Gasteiger partial charge in [0.25, 0.3) is 0 Å². The standard InChI is InChI=1S/C25H30N4O4S/c1-34(31,32)27-22-5-3-20(4-6-22)25(30)21-11-15-28(16-12-21)14-2-18-33-24-9-7-23(8-10-24)29-17-13-26-19-29/h3-10,13,17,19,21,27H,2,11-12,14-16,18H2,1H3. The number of carbonyl (C=O) groups excluding carboxylic acids is 1. The minimum absolute atomic E-state index is 0.00947. The lowest BCUT2D eigenvalue weighted by Crippen LogP contribution is -2.37. The average molecular weight is 483 g/mol. The van der Waals surface area contributed by atoms with Crippen LogP contribution in [0.2, 0.25) is 0 Å². The van der Waals surface area contributed by atoms with Crippen molar-refractivity contribution in [1.29, 1.82) is 0 Å². The lowest BCUT2D eigenvalue weighted by Gasteiger charge is -2.31. The van der Waals surface area contributed by atoms with Gasteiger partial charge in [0.2, 0.25) is 10.0 Å². The zero-order valence-electron chi connectivity index (χ0n) is 19.3. The second-order valence-corrected chi connectivity index (χ2v) is 10.3. The third-order valence-electron chi connectivity index (χ3n) is 5.96. The molecule has 0 unspecified atom stereocenters. The van der Waals surface area contributed by atoms with E-state index in [9.17, 15) is 13.2 Å². The Hall–Kier alpha value is -3.17. The number of ether oxygens (including phenoxy) is 1. The summed E-state index contributed by atoms with van der Waals surface area (Å²) in [7, 11) is -3.33. The summed E-state index contributed by atoms with van der Waals surface area (Å²) in [5, 5.41) is 0. The van der Waals surface area contributed by atoms with Crippen molar-refractivity contribution in [2.75, 3.05) is 37.2 Å². The molecule has 0 amide bonds. The van der Waals surface area contributed by atoms with Crippen molar-refractivity contribution in [3.8, 4) is 11.4 Å². The molecule has 2 heterocycles. The smallest absolute Gasteiger partial charge is 0.229 e. The summed E-state index contributed by atoms with van der Waals surface area (Å²) < 4.78 is 32.9. The molecule has 1 aromatic heterocycles. The first kappa shape index (κ1) is 24.0. The molecular weight excluding hydrogens is 452 g/mol. The normalized spacial score (nSPS) is 15.2. The molecule has 0 atom stereocenters. The maximum atomic E-state index is 12.8. The lowest BCUT2D eigenvalue weighted by atomic mass is 9.89. The van der Waals surface area contributed by atoms with Crippen LogP contribution in [0.25, 0.3) is 5.69 Å². The molecule has 1 N–H and O–H groups in total. The highest BCUT2D eigenvalue weighted by Gasteiger charge is 2.25. The van der Waals surface area contributed by atoms with Crippen molar-refractivity contribution in [3.05, 3.63) is 72.8 Å². The van der Waals surface area contributed by atoms with Crippen LogP contribution in [-0.4, -0.2) is 61.1 Å². The van der Waals surface area contributed by atoms with E-state index >= 15 is 0 Å². The number of ketones is 1. The highest BCUT2D eigenvalue weighted by molar-refractivity contribution is 7.92. The van der Waals surface area contributed by atoms with Gasteiger partial charge in [0.15, 0.2) is 5.78 Å². The topological polar surface area (TPSA) is 93.5 Å². The zero-order chi connectivity index (χ0) is 24.0. The zero-order valence-corrected chi connectivity index (χ0v) is 20.1. The third-order valence-corrected chi connectivity index (χ3v) is 6.56. The van der Waals surface area contributed by atoms with Crippen LogP contribution < -0.4 is 9.46 Å². The Morgan fingerprint density at radius 1 is 1.09 bits per heavy atom. The fourth-order valence-corrected chi connectivity index (χ4v) is 4.74. The van der Waals surface area contributed by atoms with Crippen molar-refractivity contribution >= 4 is 21.5 Å². The minimum atomic E-state index is -3.33. The predicted octanol–water partition coefficient (Wildman–Crippen LogP) is 3.61. The predicted molar refractivity (Wildman–Crippen MR) is 132 cm³/mol. The fourth-order valence-electron chi connectivity index (χ4n) is 4.18. The summed E-state index contributed by atoms with van der Waals surface area (Å²) in [5.74, 6) is 0.995. The van der Waals surface area contributed by atoms with Crippen LogP contribution in [0, 0.1) is 5.92 Å². The van der Waals surface area contributed by atoms with Gasteiger partial charge in [-0.3, -0.25) is 9.52 Å². The first-order valence-electron chi connectivity index (χ1n) is 11.4. The molecule has 2 aromatic carbocycles. The summed E-state index contributed by atoms with van der Waals surface area (Å²) in [4.78, 5) is 19.3. The van der Waals surface area contributed by atoms with Gasteiger partial charge in [-0.05, 0) is 80.9 Å². The van der Waals surface area contributed by atoms with Crippen molar-refractivity contribution in [1.82, 2.24) is 14.5 Å². The molecule has 0 spiro atoms. The van der Waals surface area contributed by atoms with Crippen LogP contribution in [0.15, 0.2) is 67.3 Å². The van der Waals surface area contributed by atoms with Crippen molar-refractivity contribution < 1.29 is 17.9 Å². The molecule has 9 heteroatoms. The van der Waals surface area contributed by atoms with Gasteiger partial charge in [-0.2, -0.15) is 0 Å². The summed E-state index contributed by atoms with van der Waals surface area (Å²) in [5.41, 5.74) is 2.14. The molecule has 0 bridgehead atoms. The number of hydrogen-bond donors (Lipinski definition) is 1. The van der Waals surface area contributed by atoms with Crippen LogP contribution in [0.3, 0.4) is 0 Å². The Kier molecular flexibility index (Phi) is 7.64. The quantitative estimate of drug-likeness (QED) is 0.351. The van der Waals surface area contributed by atoms with Crippen LogP contribution >= 0.6 is 0 Å². The Labute approximate surface area is 200 Å². The maximum Gasteiger partial charge on any atom is 0.229 e. The van der Waals surface area contributed by atoms with Crippen molar-refractivity contribution in [3.63, 3.8) is 0 Å². The Morgan fingerprint density at radius 2 is 1.79 bits per heavy atom. The van der Waals surface area contributed by atoms with Gasteiger partial charge in [0, 0.05) is 41.8 Å². The van der Waals surface area contributed by atoms with E-state index in [2.05, 4.69) is 14.6 Å². The van der Waals surface area contributed by atoms with E-state index in [0.717, 1.165) is 56.6 Å². The molecule has 1 aliphatic rings. The van der Waals surface area contributed by atoms with Gasteiger partial charge in [-0.25, -0.2) is 13.4 Å². The number of benzene rings is 2. The van der Waals surface area contributed by atoms with E-state index in [1.54, 1.807) is 36.8 Å². The molecule has 3 aromatic rings. The molecule has 1 aliphatic heterocycles. The van der Waals surface area contributed by atoms with Gasteiger partial charge in [0.05, 0.1) is 19.2 Å². The first-order chi connectivity index (χ1) is 16.4. The molecule has 34 heavy (non-hydrogen) atoms. The summed E-state index contributed by atoms with van der Waals surface area (Å²) in [6, 6.07) is 14.6. The van der Waals surface area contributed by atoms with E-state index in [4.69, 9.17) is 4.74 Å². The summed E-state index contributed by atoms with van der Waals surface area (Å²) >= 11 is 0. The highest BCUT2D eigenvalue weighted by atomic mass is 32.2.